The molecule has 8 nitrogen and oxygen atoms in total. The maximum absolute atomic E-state index is 10.9. The van der Waals surface area contributed by atoms with E-state index >= 15 is 0 Å². The van der Waals surface area contributed by atoms with E-state index in [2.05, 4.69) is 9.98 Å². The smallest absolute Gasteiger partial charge is 0.335 e. The van der Waals surface area contributed by atoms with Gasteiger partial charge in [0.15, 0.2) is 5.96 Å². The number of aliphatic imine (C=N–C) groups is 2. The van der Waals surface area contributed by atoms with Crippen LogP contribution in [0.2, 0.25) is 0 Å². The zero-order chi connectivity index (χ0) is 16.8. The van der Waals surface area contributed by atoms with Gasteiger partial charge >= 0.3 is 5.97 Å². The fourth-order valence-corrected chi connectivity index (χ4v) is 1.71. The monoisotopic (exact) mass is 313 g/mol. The second kappa shape index (κ2) is 6.94. The number of nitrogens with two attached hydrogens (primary N) is 3. The van der Waals surface area contributed by atoms with Crippen LogP contribution in [0.5, 0.6) is 11.5 Å². The summed E-state index contributed by atoms with van der Waals surface area (Å²) in [5, 5.41) is 8.95. The Bertz CT molecular complexity index is 765. The van der Waals surface area contributed by atoms with Crippen molar-refractivity contribution in [2.24, 2.45) is 27.2 Å². The zero-order valence-corrected chi connectivity index (χ0v) is 12.0. The van der Waals surface area contributed by atoms with Crippen LogP contribution in [-0.2, 0) is 0 Å². The van der Waals surface area contributed by atoms with Crippen molar-refractivity contribution in [3.8, 4) is 11.5 Å². The second-order valence-corrected chi connectivity index (χ2v) is 4.44. The van der Waals surface area contributed by atoms with Gasteiger partial charge in [-0.05, 0) is 42.5 Å². The van der Waals surface area contributed by atoms with Gasteiger partial charge in [-0.25, -0.2) is 9.79 Å². The minimum absolute atomic E-state index is 0.0622. The number of carbonyl (C=O) groups is 1. The van der Waals surface area contributed by atoms with E-state index in [1.807, 2.05) is 0 Å². The van der Waals surface area contributed by atoms with Crippen molar-refractivity contribution >= 4 is 23.6 Å². The van der Waals surface area contributed by atoms with E-state index < -0.39 is 5.97 Å². The Kier molecular flexibility index (Phi) is 4.78. The number of ether oxygens (including phenoxy) is 1. The SMILES string of the molecule is NC(N)=NC(N)=Nc1ccc(Oc2cccc(C(=O)O)c2)cc1. The molecule has 0 aliphatic rings. The molecule has 0 bridgehead atoms. The average Bonchev–Trinajstić information content (AvgIpc) is 2.48. The third kappa shape index (κ3) is 4.74. The van der Waals surface area contributed by atoms with Crippen LogP contribution in [0.1, 0.15) is 10.4 Å². The first kappa shape index (κ1) is 15.8. The zero-order valence-electron chi connectivity index (χ0n) is 12.0. The number of benzene rings is 2. The molecule has 0 aliphatic heterocycles. The number of carboxylic acid groups (broad SMARTS) is 1. The van der Waals surface area contributed by atoms with Crippen LogP contribution in [0.15, 0.2) is 58.5 Å². The van der Waals surface area contributed by atoms with Crippen molar-refractivity contribution in [3.05, 3.63) is 54.1 Å². The van der Waals surface area contributed by atoms with Crippen LogP contribution in [0, 0.1) is 0 Å². The minimum atomic E-state index is -1.02. The summed E-state index contributed by atoms with van der Waals surface area (Å²) in [4.78, 5) is 18.5. The van der Waals surface area contributed by atoms with E-state index in [0.717, 1.165) is 0 Å². The Morgan fingerprint density at radius 1 is 1.00 bits per heavy atom. The highest BCUT2D eigenvalue weighted by molar-refractivity contribution is 5.93. The summed E-state index contributed by atoms with van der Waals surface area (Å²) < 4.78 is 5.58. The van der Waals surface area contributed by atoms with E-state index in [-0.39, 0.29) is 17.5 Å². The molecule has 0 atom stereocenters. The molecule has 0 saturated heterocycles. The number of hydrogen-bond acceptors (Lipinski definition) is 3. The molecule has 118 valence electrons. The molecule has 0 fully saturated rings. The van der Waals surface area contributed by atoms with Gasteiger partial charge in [-0.3, -0.25) is 0 Å². The molecule has 2 aromatic rings. The molecule has 23 heavy (non-hydrogen) atoms. The first-order valence-corrected chi connectivity index (χ1v) is 6.49. The third-order valence-corrected chi connectivity index (χ3v) is 2.64. The Balaban J connectivity index is 2.13. The second-order valence-electron chi connectivity index (χ2n) is 4.44. The Labute approximate surface area is 131 Å². The lowest BCUT2D eigenvalue weighted by molar-refractivity contribution is 0.0696. The highest BCUT2D eigenvalue weighted by Gasteiger charge is 2.04. The van der Waals surface area contributed by atoms with Crippen LogP contribution in [0.3, 0.4) is 0 Å². The van der Waals surface area contributed by atoms with Crippen molar-refractivity contribution in [1.82, 2.24) is 0 Å². The van der Waals surface area contributed by atoms with E-state index in [4.69, 9.17) is 27.0 Å². The topological polar surface area (TPSA) is 149 Å². The van der Waals surface area contributed by atoms with E-state index in [9.17, 15) is 4.79 Å². The summed E-state index contributed by atoms with van der Waals surface area (Å²) in [6.07, 6.45) is 0. The number of nitrogens with zero attached hydrogens (tertiary/aromatic N) is 2. The summed E-state index contributed by atoms with van der Waals surface area (Å²) >= 11 is 0. The van der Waals surface area contributed by atoms with Crippen LogP contribution < -0.4 is 21.9 Å². The minimum Gasteiger partial charge on any atom is -0.478 e. The molecule has 0 spiro atoms. The molecule has 8 heteroatoms. The Morgan fingerprint density at radius 2 is 1.70 bits per heavy atom. The number of guanidine groups is 2. The highest BCUT2D eigenvalue weighted by Crippen LogP contribution is 2.24. The summed E-state index contributed by atoms with van der Waals surface area (Å²) in [6, 6.07) is 12.8. The number of aromatic carboxylic acids is 1. The first-order valence-electron chi connectivity index (χ1n) is 6.49. The van der Waals surface area contributed by atoms with Crippen LogP contribution >= 0.6 is 0 Å². The van der Waals surface area contributed by atoms with E-state index in [0.29, 0.717) is 17.2 Å². The van der Waals surface area contributed by atoms with Gasteiger partial charge in [-0.1, -0.05) is 6.07 Å². The molecule has 0 aromatic heterocycles. The number of rotatable bonds is 4. The van der Waals surface area contributed by atoms with Gasteiger partial charge < -0.3 is 27.0 Å². The van der Waals surface area contributed by atoms with Gasteiger partial charge in [0.25, 0.3) is 0 Å². The van der Waals surface area contributed by atoms with E-state index in [1.165, 1.54) is 12.1 Å². The first-order chi connectivity index (χ1) is 10.9. The predicted octanol–water partition coefficient (Wildman–Crippen LogP) is 1.40. The molecule has 0 unspecified atom stereocenters. The fourth-order valence-electron chi connectivity index (χ4n) is 1.71. The maximum atomic E-state index is 10.9. The summed E-state index contributed by atoms with van der Waals surface area (Å²) in [5.74, 6) is -0.319. The van der Waals surface area contributed by atoms with Crippen molar-refractivity contribution < 1.29 is 14.6 Å². The van der Waals surface area contributed by atoms with Gasteiger partial charge in [0, 0.05) is 0 Å². The van der Waals surface area contributed by atoms with Gasteiger partial charge in [-0.15, -0.1) is 0 Å². The maximum Gasteiger partial charge on any atom is 0.335 e. The molecule has 2 aromatic carbocycles. The lowest BCUT2D eigenvalue weighted by atomic mass is 10.2. The van der Waals surface area contributed by atoms with Gasteiger partial charge in [0.05, 0.1) is 11.3 Å². The summed E-state index contributed by atoms with van der Waals surface area (Å²) in [7, 11) is 0. The fraction of sp³-hybridized carbons (Fsp3) is 0. The molecule has 0 aliphatic carbocycles. The molecule has 0 saturated carbocycles. The van der Waals surface area contributed by atoms with Crippen molar-refractivity contribution in [2.45, 2.75) is 0 Å². The summed E-state index contributed by atoms with van der Waals surface area (Å²) in [5.41, 5.74) is 16.6. The largest absolute Gasteiger partial charge is 0.478 e. The average molecular weight is 313 g/mol. The normalized spacial score (nSPS) is 10.9. The van der Waals surface area contributed by atoms with Crippen molar-refractivity contribution in [2.75, 3.05) is 0 Å². The lowest BCUT2D eigenvalue weighted by Gasteiger charge is -2.06. The van der Waals surface area contributed by atoms with E-state index in [1.54, 1.807) is 36.4 Å². The molecule has 7 N–H and O–H groups in total. The molecule has 0 heterocycles. The quantitative estimate of drug-likeness (QED) is 0.495. The van der Waals surface area contributed by atoms with Crippen molar-refractivity contribution in [3.63, 3.8) is 0 Å². The van der Waals surface area contributed by atoms with Gasteiger partial charge in [-0.2, -0.15) is 4.99 Å². The molecule has 0 amide bonds. The number of hydrogen-bond donors (Lipinski definition) is 4. The van der Waals surface area contributed by atoms with Crippen LogP contribution in [0.25, 0.3) is 0 Å². The Hall–Kier alpha value is -3.55. The highest BCUT2D eigenvalue weighted by atomic mass is 16.5. The Morgan fingerprint density at radius 3 is 2.30 bits per heavy atom. The van der Waals surface area contributed by atoms with Gasteiger partial charge in [0.1, 0.15) is 11.5 Å². The predicted molar refractivity (Wildman–Crippen MR) is 87.0 cm³/mol. The van der Waals surface area contributed by atoms with Crippen LogP contribution in [0.4, 0.5) is 5.69 Å². The molecule has 0 radical (unpaired) electrons. The summed E-state index contributed by atoms with van der Waals surface area (Å²) in [6.45, 7) is 0. The van der Waals surface area contributed by atoms with Crippen molar-refractivity contribution in [1.29, 1.82) is 0 Å². The molecular weight excluding hydrogens is 298 g/mol. The van der Waals surface area contributed by atoms with Gasteiger partial charge in [0.2, 0.25) is 5.96 Å². The molecule has 2 rings (SSSR count). The standard InChI is InChI=1S/C15H15N5O3/c16-14(17)20-15(18)19-10-4-6-11(7-5-10)23-12-3-1-2-9(8-12)13(21)22/h1-8H,(H,21,22)(H6,16,17,18,19,20). The van der Waals surface area contributed by atoms with Crippen LogP contribution in [-0.4, -0.2) is 23.0 Å². The lowest BCUT2D eigenvalue weighted by Crippen LogP contribution is -2.26. The third-order valence-electron chi connectivity index (χ3n) is 2.64. The number of carboxylic acids is 1. The molecular formula is C15H15N5O3.